The lowest BCUT2D eigenvalue weighted by Gasteiger charge is -2.43. The van der Waals surface area contributed by atoms with E-state index in [-0.39, 0.29) is 31.1 Å². The maximum absolute atomic E-state index is 14.8. The van der Waals surface area contributed by atoms with Gasteiger partial charge in [-0.25, -0.2) is 9.07 Å². The Balaban J connectivity index is 1.32. The van der Waals surface area contributed by atoms with Crippen LogP contribution in [0.25, 0.3) is 0 Å². The summed E-state index contributed by atoms with van der Waals surface area (Å²) in [6.07, 6.45) is -0.205. The van der Waals surface area contributed by atoms with Gasteiger partial charge in [0.2, 0.25) is 0 Å². The van der Waals surface area contributed by atoms with E-state index >= 15 is 0 Å². The van der Waals surface area contributed by atoms with Crippen molar-refractivity contribution < 1.29 is 57.7 Å². The van der Waals surface area contributed by atoms with Crippen molar-refractivity contribution in [2.24, 2.45) is 11.7 Å². The number of carbonyl (C=O) groups excluding carboxylic acids is 1. The number of carbonyl (C=O) groups is 1. The van der Waals surface area contributed by atoms with E-state index in [2.05, 4.69) is 20.5 Å². The lowest BCUT2D eigenvalue weighted by atomic mass is 9.86. The van der Waals surface area contributed by atoms with Gasteiger partial charge in [-0.15, -0.1) is 5.10 Å². The van der Waals surface area contributed by atoms with Crippen LogP contribution in [0.15, 0.2) is 42.4 Å². The molecule has 3 aliphatic rings. The third-order valence-electron chi connectivity index (χ3n) is 15.1. The van der Waals surface area contributed by atoms with Crippen LogP contribution < -0.4 is 11.1 Å². The van der Waals surface area contributed by atoms with Gasteiger partial charge < -0.3 is 74.7 Å². The van der Waals surface area contributed by atoms with Crippen LogP contribution in [0.3, 0.4) is 0 Å². The van der Waals surface area contributed by atoms with E-state index in [4.69, 9.17) is 44.3 Å². The number of methoxy groups -OCH3 is 2. The molecule has 0 spiro atoms. The summed E-state index contributed by atoms with van der Waals surface area (Å²) in [5, 5.41) is 54.7. The van der Waals surface area contributed by atoms with E-state index < -0.39 is 91.1 Å². The van der Waals surface area contributed by atoms with Crippen LogP contribution in [-0.4, -0.2) is 178 Å². The average Bonchev–Trinajstić information content (AvgIpc) is 3.80. The summed E-state index contributed by atoms with van der Waals surface area (Å²) in [5.74, 6) is -1.20. The zero-order valence-corrected chi connectivity index (χ0v) is 44.8. The Hall–Kier alpha value is -3.67. The minimum atomic E-state index is -1.77. The number of nitrogens with one attached hydrogen (secondary N) is 2. The lowest BCUT2D eigenvalue weighted by molar-refractivity contribution is -0.272. The monoisotopic (exact) mass is 1020 g/mol. The van der Waals surface area contributed by atoms with Crippen molar-refractivity contribution in [3.8, 4) is 0 Å². The van der Waals surface area contributed by atoms with Crippen molar-refractivity contribution in [1.82, 2.24) is 24.8 Å². The predicted octanol–water partition coefficient (Wildman–Crippen LogP) is 5.43. The zero-order valence-electron chi connectivity index (χ0n) is 44.8. The Morgan fingerprint density at radius 1 is 1.06 bits per heavy atom. The van der Waals surface area contributed by atoms with Gasteiger partial charge in [-0.05, 0) is 119 Å². The van der Waals surface area contributed by atoms with Crippen molar-refractivity contribution in [2.45, 2.75) is 204 Å². The molecule has 4 heterocycles. The number of hydrogen-bond donors (Lipinski definition) is 6. The van der Waals surface area contributed by atoms with Crippen molar-refractivity contribution in [3.05, 3.63) is 53.6 Å². The van der Waals surface area contributed by atoms with Crippen LogP contribution in [0.4, 0.5) is 10.1 Å². The largest absolute Gasteiger partial charge is 0.459 e. The van der Waals surface area contributed by atoms with Gasteiger partial charge in [0.15, 0.2) is 12.6 Å². The normalized spacial score (nSPS) is 35.0. The number of nitrogens with two attached hydrogens (primary N) is 1. The number of halogens is 1. The average molecular weight is 1020 g/mol. The van der Waals surface area contributed by atoms with Gasteiger partial charge in [0.05, 0.1) is 47.7 Å². The number of esters is 1. The molecule has 3 fully saturated rings. The quantitative estimate of drug-likeness (QED) is 0.0806. The number of nitrogens with zero attached hydrogens (tertiary/aromatic N) is 5. The summed E-state index contributed by atoms with van der Waals surface area (Å²) in [6.45, 7) is 14.8. The summed E-state index contributed by atoms with van der Waals surface area (Å²) < 4.78 is 60.4. The molecule has 3 aliphatic heterocycles. The highest BCUT2D eigenvalue weighted by Crippen LogP contribution is 2.36. The number of alkyl halides is 1. The number of hydrogen-bond acceptors (Lipinski definition) is 18. The smallest absolute Gasteiger partial charge is 0.311 e. The Morgan fingerprint density at radius 2 is 1.74 bits per heavy atom. The summed E-state index contributed by atoms with van der Waals surface area (Å²) >= 11 is 0. The number of aliphatic hydroxyl groups is 3. The molecule has 3 saturated heterocycles. The SMILES string of the molecule is CC[C@H]1OC(=O)[C@H](C)[C@@H](O[C@H]2C[C@@](C)(OC)C[C@H](C)O2)C[C@@H](O[C@H]2C[C@@H](N(C)CCc3cn([C@H](CF)[C@H](OC)c4ccc(N/C(N)=C\C(C)=N)cc4)nn3)C[C@@H](C)O2)[C@H](O)CCCN(C)[C@H](C)[C@@H](O)[C@]1(C)O. The molecule has 0 amide bonds. The first-order valence-electron chi connectivity index (χ1n) is 25.8. The highest BCUT2D eigenvalue weighted by atomic mass is 19.1. The summed E-state index contributed by atoms with van der Waals surface area (Å²) in [5.41, 5.74) is 6.14. The number of rotatable bonds is 18. The number of allylic oxidation sites excluding steroid dienone is 1. The first kappa shape index (κ1) is 59.2. The van der Waals surface area contributed by atoms with E-state index in [1.807, 2.05) is 71.0 Å². The third-order valence-corrected chi connectivity index (χ3v) is 15.1. The van der Waals surface area contributed by atoms with Crippen LogP contribution in [0.2, 0.25) is 0 Å². The summed E-state index contributed by atoms with van der Waals surface area (Å²) in [6, 6.07) is 6.04. The second-order valence-corrected chi connectivity index (χ2v) is 21.1. The molecule has 0 unspecified atom stereocenters. The number of aromatic nitrogens is 3. The minimum Gasteiger partial charge on any atom is -0.459 e. The van der Waals surface area contributed by atoms with Crippen molar-refractivity contribution >= 4 is 17.4 Å². The van der Waals surface area contributed by atoms with Gasteiger partial charge in [-0.2, -0.15) is 0 Å². The molecule has 0 radical (unpaired) electrons. The molecule has 408 valence electrons. The van der Waals surface area contributed by atoms with Crippen molar-refractivity contribution in [2.75, 3.05) is 53.4 Å². The van der Waals surface area contributed by atoms with Crippen LogP contribution in [0.5, 0.6) is 0 Å². The van der Waals surface area contributed by atoms with Gasteiger partial charge in [0, 0.05) is 82.5 Å². The number of anilines is 1. The minimum absolute atomic E-state index is 0.0206. The molecule has 0 saturated carbocycles. The molecule has 0 aliphatic carbocycles. The first-order valence-corrected chi connectivity index (χ1v) is 25.8. The van der Waals surface area contributed by atoms with E-state index in [9.17, 15) is 24.5 Å². The Labute approximate surface area is 426 Å². The van der Waals surface area contributed by atoms with Gasteiger partial charge >= 0.3 is 5.97 Å². The topological polar surface area (TPSA) is 241 Å². The van der Waals surface area contributed by atoms with Gasteiger partial charge in [0.25, 0.3) is 0 Å². The van der Waals surface area contributed by atoms with E-state index in [1.165, 1.54) is 24.8 Å². The molecule has 2 aromatic rings. The molecule has 19 nitrogen and oxygen atoms in total. The maximum atomic E-state index is 14.8. The van der Waals surface area contributed by atoms with Gasteiger partial charge in [0.1, 0.15) is 42.5 Å². The van der Waals surface area contributed by atoms with Crippen LogP contribution in [-0.2, 0) is 44.4 Å². The standard InChI is InChI=1S/C52H87FN8O11/c1-13-44-52(8,65)49(63)35(6)59(9)21-14-15-41(62)43(26-42(34(5)50(64)72-44)70-47-28-51(7,67-12)27-33(4)69-47)71-46-25-39(24-32(3)68-46)60(10)22-20-38-30-61(58-57-38)40(29-53)48(66-11)36-16-18-37(19-17-36)56-45(55)23-31(2)54/h16-19,23,30,32-35,39-44,46-49,54,56,62-63,65H,13-15,20-22,24-29,55H2,1-12H3/b45-23-,54-31?/t32-,33+,34-,35-,39+,40-,41-,42+,43-,44-,46+,47+,48-,49-,51+,52-/m1/s1. The second-order valence-electron chi connectivity index (χ2n) is 21.1. The zero-order chi connectivity index (χ0) is 53.1. The number of likely N-dealkylation sites (N-methyl/N-ethyl adjacent to an activating group) is 2. The van der Waals surface area contributed by atoms with Crippen LogP contribution >= 0.6 is 0 Å². The number of cyclic esters (lactones) is 1. The van der Waals surface area contributed by atoms with E-state index in [0.717, 1.165) is 12.0 Å². The van der Waals surface area contributed by atoms with Crippen LogP contribution in [0, 0.1) is 11.3 Å². The molecule has 1 aromatic heterocycles. The molecular weight excluding hydrogens is 932 g/mol. The van der Waals surface area contributed by atoms with E-state index in [0.29, 0.717) is 74.5 Å². The Bertz CT molecular complexity index is 2030. The molecule has 72 heavy (non-hydrogen) atoms. The predicted molar refractivity (Wildman–Crippen MR) is 271 cm³/mol. The van der Waals surface area contributed by atoms with E-state index in [1.54, 1.807) is 34.1 Å². The fourth-order valence-corrected chi connectivity index (χ4v) is 10.4. The molecule has 20 heteroatoms. The van der Waals surface area contributed by atoms with Gasteiger partial charge in [-0.1, -0.05) is 24.3 Å². The highest BCUT2D eigenvalue weighted by Gasteiger charge is 2.47. The Morgan fingerprint density at radius 3 is 2.38 bits per heavy atom. The number of benzene rings is 1. The molecule has 5 rings (SSSR count). The molecule has 7 N–H and O–H groups in total. The Kier molecular flexibility index (Phi) is 22.0. The highest BCUT2D eigenvalue weighted by molar-refractivity contribution is 5.90. The fraction of sp³-hybridized carbons (Fsp3) is 0.769. The first-order chi connectivity index (χ1) is 34.0. The summed E-state index contributed by atoms with van der Waals surface area (Å²) in [4.78, 5) is 18.4. The second kappa shape index (κ2) is 26.7. The van der Waals surface area contributed by atoms with Crippen LogP contribution in [0.1, 0.15) is 130 Å². The third kappa shape index (κ3) is 15.9. The molecule has 1 aromatic carbocycles. The fourth-order valence-electron chi connectivity index (χ4n) is 10.4. The molecule has 16 atom stereocenters. The number of ether oxygens (including phenoxy) is 7. The molecular formula is C52H87FN8O11. The van der Waals surface area contributed by atoms with Crippen molar-refractivity contribution in [3.63, 3.8) is 0 Å². The number of aliphatic hydroxyl groups excluding tert-OH is 2. The molecule has 0 bridgehead atoms. The van der Waals surface area contributed by atoms with Gasteiger partial charge in [-0.3, -0.25) is 4.79 Å². The lowest BCUT2D eigenvalue weighted by Crippen LogP contribution is -2.58. The maximum Gasteiger partial charge on any atom is 0.311 e. The van der Waals surface area contributed by atoms with Crippen molar-refractivity contribution in [1.29, 1.82) is 5.41 Å². The summed E-state index contributed by atoms with van der Waals surface area (Å²) in [7, 11) is 7.08.